The maximum Gasteiger partial charge on any atom is 0.407 e. The molecule has 2 N–H and O–H groups in total. The first kappa shape index (κ1) is 17.8. The second-order valence-corrected chi connectivity index (χ2v) is 7.57. The van der Waals surface area contributed by atoms with Crippen LogP contribution in [0.2, 0.25) is 0 Å². The smallest absolute Gasteiger partial charge is 0.407 e. The second-order valence-electron chi connectivity index (χ2n) is 7.57. The fourth-order valence-corrected chi connectivity index (χ4v) is 2.95. The van der Waals surface area contributed by atoms with Gasteiger partial charge in [-0.3, -0.25) is 0 Å². The van der Waals surface area contributed by atoms with Gasteiger partial charge in [0.1, 0.15) is 5.60 Å². The first-order valence-corrected chi connectivity index (χ1v) is 8.60. The highest BCUT2D eigenvalue weighted by molar-refractivity contribution is 5.68. The SMILES string of the molecule is Cc1ccc(CNC2CCCC(NC(=O)OC(C)(C)C)C2)cc1. The molecule has 1 aliphatic rings. The minimum Gasteiger partial charge on any atom is -0.444 e. The van der Waals surface area contributed by atoms with Crippen molar-refractivity contribution in [2.75, 3.05) is 0 Å². The molecule has 1 aliphatic carbocycles. The molecule has 2 atom stereocenters. The predicted octanol–water partition coefficient (Wildman–Crippen LogP) is 3.92. The van der Waals surface area contributed by atoms with Crippen LogP contribution in [0.4, 0.5) is 4.79 Å². The number of nitrogens with one attached hydrogen (secondary N) is 2. The van der Waals surface area contributed by atoms with Crippen LogP contribution in [0, 0.1) is 6.92 Å². The van der Waals surface area contributed by atoms with Crippen LogP contribution >= 0.6 is 0 Å². The van der Waals surface area contributed by atoms with Crippen molar-refractivity contribution in [1.29, 1.82) is 0 Å². The second kappa shape index (κ2) is 7.82. The standard InChI is InChI=1S/C19H30N2O2/c1-14-8-10-15(11-9-14)13-20-16-6-5-7-17(12-16)21-18(22)23-19(2,3)4/h8-11,16-17,20H,5-7,12-13H2,1-4H3,(H,21,22). The van der Waals surface area contributed by atoms with Gasteiger partial charge in [0.25, 0.3) is 0 Å². The van der Waals surface area contributed by atoms with Gasteiger partial charge in [0.15, 0.2) is 0 Å². The Hall–Kier alpha value is -1.55. The van der Waals surface area contributed by atoms with Gasteiger partial charge in [0.2, 0.25) is 0 Å². The monoisotopic (exact) mass is 318 g/mol. The van der Waals surface area contributed by atoms with Crippen LogP contribution in [0.3, 0.4) is 0 Å². The van der Waals surface area contributed by atoms with E-state index in [4.69, 9.17) is 4.74 Å². The third-order valence-electron chi connectivity index (χ3n) is 4.11. The zero-order valence-corrected chi connectivity index (χ0v) is 14.8. The zero-order valence-electron chi connectivity index (χ0n) is 14.8. The number of ether oxygens (including phenoxy) is 1. The molecule has 1 aromatic carbocycles. The molecule has 1 fully saturated rings. The van der Waals surface area contributed by atoms with Crippen molar-refractivity contribution in [1.82, 2.24) is 10.6 Å². The lowest BCUT2D eigenvalue weighted by atomic mass is 9.91. The summed E-state index contributed by atoms with van der Waals surface area (Å²) in [5, 5.41) is 6.63. The summed E-state index contributed by atoms with van der Waals surface area (Å²) in [7, 11) is 0. The lowest BCUT2D eigenvalue weighted by Gasteiger charge is -2.31. The maximum atomic E-state index is 11.9. The number of carbonyl (C=O) groups excluding carboxylic acids is 1. The molecule has 23 heavy (non-hydrogen) atoms. The van der Waals surface area contributed by atoms with E-state index in [-0.39, 0.29) is 12.1 Å². The molecule has 4 heteroatoms. The van der Waals surface area contributed by atoms with Crippen LogP contribution in [-0.2, 0) is 11.3 Å². The van der Waals surface area contributed by atoms with Crippen LogP contribution in [0.1, 0.15) is 57.6 Å². The van der Waals surface area contributed by atoms with Crippen molar-refractivity contribution in [3.05, 3.63) is 35.4 Å². The number of alkyl carbamates (subject to hydrolysis) is 1. The maximum absolute atomic E-state index is 11.9. The fraction of sp³-hybridized carbons (Fsp3) is 0.632. The van der Waals surface area contributed by atoms with Crippen molar-refractivity contribution >= 4 is 6.09 Å². The highest BCUT2D eigenvalue weighted by Gasteiger charge is 2.25. The van der Waals surface area contributed by atoms with Crippen LogP contribution in [0.5, 0.6) is 0 Å². The van der Waals surface area contributed by atoms with Crippen LogP contribution < -0.4 is 10.6 Å². The molecule has 0 spiro atoms. The normalized spacial score (nSPS) is 21.7. The summed E-state index contributed by atoms with van der Waals surface area (Å²) in [6.07, 6.45) is 3.99. The third kappa shape index (κ3) is 6.61. The average Bonchev–Trinajstić information content (AvgIpc) is 2.45. The Kier molecular flexibility index (Phi) is 6.05. The van der Waals surface area contributed by atoms with E-state index >= 15 is 0 Å². The van der Waals surface area contributed by atoms with Gasteiger partial charge >= 0.3 is 6.09 Å². The summed E-state index contributed by atoms with van der Waals surface area (Å²) in [4.78, 5) is 11.9. The molecule has 1 amide bonds. The van der Waals surface area contributed by atoms with Crippen molar-refractivity contribution in [3.63, 3.8) is 0 Å². The lowest BCUT2D eigenvalue weighted by Crippen LogP contribution is -2.45. The minimum absolute atomic E-state index is 0.203. The average molecular weight is 318 g/mol. The van der Waals surface area contributed by atoms with E-state index in [2.05, 4.69) is 41.8 Å². The van der Waals surface area contributed by atoms with Gasteiger partial charge in [-0.2, -0.15) is 0 Å². The van der Waals surface area contributed by atoms with Crippen LogP contribution in [-0.4, -0.2) is 23.8 Å². The van der Waals surface area contributed by atoms with Crippen LogP contribution in [0.25, 0.3) is 0 Å². The van der Waals surface area contributed by atoms with E-state index in [1.165, 1.54) is 17.5 Å². The quantitative estimate of drug-likeness (QED) is 0.884. The Labute approximate surface area is 140 Å². The molecular weight excluding hydrogens is 288 g/mol. The molecule has 2 unspecified atom stereocenters. The molecule has 1 saturated carbocycles. The van der Waals surface area contributed by atoms with E-state index in [1.54, 1.807) is 0 Å². The molecule has 0 aromatic heterocycles. The van der Waals surface area contributed by atoms with E-state index in [0.717, 1.165) is 25.8 Å². The molecule has 0 bridgehead atoms. The number of benzene rings is 1. The van der Waals surface area contributed by atoms with Gasteiger partial charge in [-0.15, -0.1) is 0 Å². The predicted molar refractivity (Wildman–Crippen MR) is 93.4 cm³/mol. The van der Waals surface area contributed by atoms with Gasteiger partial charge in [0, 0.05) is 18.6 Å². The lowest BCUT2D eigenvalue weighted by molar-refractivity contribution is 0.0488. The number of rotatable bonds is 4. The Balaban J connectivity index is 1.76. The summed E-state index contributed by atoms with van der Waals surface area (Å²) in [6, 6.07) is 9.28. The highest BCUT2D eigenvalue weighted by atomic mass is 16.6. The minimum atomic E-state index is -0.443. The Morgan fingerprint density at radius 1 is 1.17 bits per heavy atom. The largest absolute Gasteiger partial charge is 0.444 e. The first-order chi connectivity index (χ1) is 10.8. The fourth-order valence-electron chi connectivity index (χ4n) is 2.95. The molecule has 0 heterocycles. The van der Waals surface area contributed by atoms with Crippen molar-refractivity contribution < 1.29 is 9.53 Å². The van der Waals surface area contributed by atoms with E-state index in [1.807, 2.05) is 20.8 Å². The Bertz CT molecular complexity index is 505. The van der Waals surface area contributed by atoms with Gasteiger partial charge in [-0.05, 0) is 58.9 Å². The molecular formula is C19H30N2O2. The van der Waals surface area contributed by atoms with Crippen molar-refractivity contribution in [2.45, 2.75) is 77.6 Å². The van der Waals surface area contributed by atoms with Gasteiger partial charge in [-0.1, -0.05) is 29.8 Å². The Morgan fingerprint density at radius 3 is 2.48 bits per heavy atom. The van der Waals surface area contributed by atoms with Crippen molar-refractivity contribution in [3.8, 4) is 0 Å². The third-order valence-corrected chi connectivity index (χ3v) is 4.11. The number of hydrogen-bond acceptors (Lipinski definition) is 3. The van der Waals surface area contributed by atoms with E-state index < -0.39 is 5.60 Å². The highest BCUT2D eigenvalue weighted by Crippen LogP contribution is 2.20. The van der Waals surface area contributed by atoms with E-state index in [0.29, 0.717) is 6.04 Å². The van der Waals surface area contributed by atoms with Crippen LogP contribution in [0.15, 0.2) is 24.3 Å². The number of amides is 1. The van der Waals surface area contributed by atoms with Gasteiger partial charge in [-0.25, -0.2) is 4.79 Å². The molecule has 0 saturated heterocycles. The molecule has 4 nitrogen and oxygen atoms in total. The van der Waals surface area contributed by atoms with Crippen molar-refractivity contribution in [2.24, 2.45) is 0 Å². The summed E-state index contributed by atoms with van der Waals surface area (Å²) >= 11 is 0. The first-order valence-electron chi connectivity index (χ1n) is 8.60. The number of hydrogen-bond donors (Lipinski definition) is 2. The van der Waals surface area contributed by atoms with Gasteiger partial charge in [0.05, 0.1) is 0 Å². The molecule has 0 aliphatic heterocycles. The molecule has 2 rings (SSSR count). The Morgan fingerprint density at radius 2 is 1.83 bits per heavy atom. The summed E-state index contributed by atoms with van der Waals surface area (Å²) in [5.41, 5.74) is 2.15. The zero-order chi connectivity index (χ0) is 16.9. The summed E-state index contributed by atoms with van der Waals surface area (Å²) < 4.78 is 5.35. The summed E-state index contributed by atoms with van der Waals surface area (Å²) in [6.45, 7) is 8.65. The van der Waals surface area contributed by atoms with E-state index in [9.17, 15) is 4.79 Å². The molecule has 128 valence electrons. The summed E-state index contributed by atoms with van der Waals surface area (Å²) in [5.74, 6) is 0. The number of carbonyl (C=O) groups is 1. The van der Waals surface area contributed by atoms with Gasteiger partial charge < -0.3 is 15.4 Å². The molecule has 1 aromatic rings. The molecule has 0 radical (unpaired) electrons. The number of aryl methyl sites for hydroxylation is 1. The topological polar surface area (TPSA) is 50.4 Å².